The normalized spacial score (nSPS) is 23.1. The number of aromatic nitrogens is 4. The number of benzene rings is 1. The molecule has 0 radical (unpaired) electrons. The molecule has 2 saturated heterocycles. The molecule has 2 fully saturated rings. The Labute approximate surface area is 186 Å². The summed E-state index contributed by atoms with van der Waals surface area (Å²) >= 11 is 6.24. The van der Waals surface area contributed by atoms with Crippen LogP contribution in [0.1, 0.15) is 37.8 Å². The van der Waals surface area contributed by atoms with Gasteiger partial charge < -0.3 is 10.6 Å². The zero-order chi connectivity index (χ0) is 21.4. The summed E-state index contributed by atoms with van der Waals surface area (Å²) in [5.41, 5.74) is 1.79. The van der Waals surface area contributed by atoms with E-state index >= 15 is 0 Å². The summed E-state index contributed by atoms with van der Waals surface area (Å²) < 4.78 is 0. The first kappa shape index (κ1) is 20.0. The lowest BCUT2D eigenvalue weighted by Crippen LogP contribution is -2.47. The van der Waals surface area contributed by atoms with Crippen molar-refractivity contribution < 1.29 is 0 Å². The molecule has 0 aliphatic carbocycles. The molecule has 3 atom stereocenters. The summed E-state index contributed by atoms with van der Waals surface area (Å²) in [6, 6.07) is 11.2. The quantitative estimate of drug-likeness (QED) is 0.526. The highest BCUT2D eigenvalue weighted by atomic mass is 35.5. The number of nitrogens with zero attached hydrogens (tertiary/aromatic N) is 5. The number of fused-ring (bicyclic) bond motifs is 3. The third-order valence-corrected chi connectivity index (χ3v) is 6.54. The van der Waals surface area contributed by atoms with Crippen LogP contribution in [0.5, 0.6) is 0 Å². The highest BCUT2D eigenvalue weighted by Gasteiger charge is 2.40. The van der Waals surface area contributed by atoms with Gasteiger partial charge in [0.15, 0.2) is 5.82 Å². The smallest absolute Gasteiger partial charge is 0.225 e. The van der Waals surface area contributed by atoms with Crippen LogP contribution in [0.15, 0.2) is 24.3 Å². The summed E-state index contributed by atoms with van der Waals surface area (Å²) in [5.74, 6) is 1.99. The molecule has 160 valence electrons. The lowest BCUT2D eigenvalue weighted by Gasteiger charge is -2.38. The van der Waals surface area contributed by atoms with E-state index in [2.05, 4.69) is 31.8 Å². The average Bonchev–Trinajstić information content (AvgIpc) is 3.26. The zero-order valence-corrected chi connectivity index (χ0v) is 18.2. The Balaban J connectivity index is 1.39. The number of anilines is 3. The number of piperidine rings is 1. The fourth-order valence-electron chi connectivity index (χ4n) is 4.98. The van der Waals surface area contributed by atoms with Crippen LogP contribution in [0.2, 0.25) is 5.02 Å². The van der Waals surface area contributed by atoms with Gasteiger partial charge in [0.2, 0.25) is 5.95 Å². The minimum atomic E-state index is 0.320. The Kier molecular flexibility index (Phi) is 5.38. The highest BCUT2D eigenvalue weighted by molar-refractivity contribution is 6.31. The summed E-state index contributed by atoms with van der Waals surface area (Å²) in [7, 11) is 0. The molecule has 9 heteroatoms. The van der Waals surface area contributed by atoms with Crippen LogP contribution < -0.4 is 10.6 Å². The van der Waals surface area contributed by atoms with Crippen molar-refractivity contribution in [3.63, 3.8) is 0 Å². The molecular formula is C22H25ClN8. The lowest BCUT2D eigenvalue weighted by atomic mass is 9.97. The van der Waals surface area contributed by atoms with Gasteiger partial charge in [0, 0.05) is 53.3 Å². The summed E-state index contributed by atoms with van der Waals surface area (Å²) in [4.78, 5) is 12.1. The van der Waals surface area contributed by atoms with Crippen molar-refractivity contribution in [3.8, 4) is 6.07 Å². The summed E-state index contributed by atoms with van der Waals surface area (Å²) in [6.45, 7) is 2.83. The maximum atomic E-state index is 8.95. The van der Waals surface area contributed by atoms with Gasteiger partial charge in [-0.15, -0.1) is 0 Å². The van der Waals surface area contributed by atoms with E-state index in [1.54, 1.807) is 0 Å². The number of halogens is 1. The van der Waals surface area contributed by atoms with Gasteiger partial charge in [-0.1, -0.05) is 11.6 Å². The Hall–Kier alpha value is -2.89. The van der Waals surface area contributed by atoms with Crippen molar-refractivity contribution in [1.82, 2.24) is 25.1 Å². The molecule has 3 N–H and O–H groups in total. The number of nitriles is 1. The van der Waals surface area contributed by atoms with Gasteiger partial charge in [0.25, 0.3) is 0 Å². The first-order chi connectivity index (χ1) is 15.1. The zero-order valence-electron chi connectivity index (χ0n) is 17.4. The van der Waals surface area contributed by atoms with Gasteiger partial charge in [-0.2, -0.15) is 15.3 Å². The molecule has 2 aliphatic rings. The maximum absolute atomic E-state index is 8.95. The second-order valence-corrected chi connectivity index (χ2v) is 8.90. The minimum Gasteiger partial charge on any atom is -0.351 e. The van der Waals surface area contributed by atoms with Crippen molar-refractivity contribution in [2.75, 3.05) is 17.2 Å². The van der Waals surface area contributed by atoms with E-state index in [0.717, 1.165) is 36.0 Å². The van der Waals surface area contributed by atoms with E-state index in [1.165, 1.54) is 12.8 Å². The van der Waals surface area contributed by atoms with Gasteiger partial charge >= 0.3 is 0 Å². The number of hydrogen-bond acceptors (Lipinski definition) is 7. The first-order valence-electron chi connectivity index (χ1n) is 10.7. The summed E-state index contributed by atoms with van der Waals surface area (Å²) in [5, 5.41) is 24.5. The molecule has 0 amide bonds. The van der Waals surface area contributed by atoms with Crippen LogP contribution in [0, 0.1) is 18.3 Å². The summed E-state index contributed by atoms with van der Waals surface area (Å²) in [6.07, 6.45) is 5.10. The minimum absolute atomic E-state index is 0.320. The fraction of sp³-hybridized carbons (Fsp3) is 0.455. The monoisotopic (exact) mass is 436 g/mol. The van der Waals surface area contributed by atoms with Crippen molar-refractivity contribution in [3.05, 3.63) is 35.0 Å². The molecule has 5 rings (SSSR count). The van der Waals surface area contributed by atoms with Crippen LogP contribution in [0.25, 0.3) is 10.9 Å². The van der Waals surface area contributed by atoms with Crippen LogP contribution in [-0.2, 0) is 0 Å². The molecule has 1 aromatic carbocycles. The van der Waals surface area contributed by atoms with Crippen molar-refractivity contribution >= 4 is 40.1 Å². The Morgan fingerprint density at radius 3 is 2.74 bits per heavy atom. The number of hydrogen-bond donors (Lipinski definition) is 3. The van der Waals surface area contributed by atoms with Crippen LogP contribution >= 0.6 is 11.6 Å². The van der Waals surface area contributed by atoms with Crippen LogP contribution in [-0.4, -0.2) is 49.7 Å². The second kappa shape index (κ2) is 8.33. The van der Waals surface area contributed by atoms with Gasteiger partial charge in [-0.3, -0.25) is 10.00 Å². The molecule has 8 nitrogen and oxygen atoms in total. The molecule has 3 aromatic rings. The van der Waals surface area contributed by atoms with E-state index in [-0.39, 0.29) is 0 Å². The first-order valence-corrected chi connectivity index (χ1v) is 11.1. The van der Waals surface area contributed by atoms with Gasteiger partial charge in [-0.05, 0) is 50.8 Å². The van der Waals surface area contributed by atoms with Crippen molar-refractivity contribution in [2.45, 2.75) is 57.2 Å². The maximum Gasteiger partial charge on any atom is 0.225 e. The van der Waals surface area contributed by atoms with E-state index < -0.39 is 0 Å². The average molecular weight is 437 g/mol. The van der Waals surface area contributed by atoms with Gasteiger partial charge in [0.05, 0.1) is 11.6 Å². The Morgan fingerprint density at radius 1 is 1.23 bits per heavy atom. The predicted molar refractivity (Wildman–Crippen MR) is 122 cm³/mol. The lowest BCUT2D eigenvalue weighted by molar-refractivity contribution is 0.135. The molecular weight excluding hydrogens is 412 g/mol. The number of rotatable bonds is 6. The van der Waals surface area contributed by atoms with Gasteiger partial charge in [0.1, 0.15) is 5.82 Å². The largest absolute Gasteiger partial charge is 0.351 e. The predicted octanol–water partition coefficient (Wildman–Crippen LogP) is 4.38. The molecule has 2 aliphatic heterocycles. The van der Waals surface area contributed by atoms with E-state index in [4.69, 9.17) is 26.8 Å². The molecule has 31 heavy (non-hydrogen) atoms. The molecule has 0 unspecified atom stereocenters. The Morgan fingerprint density at radius 2 is 2.03 bits per heavy atom. The third-order valence-electron chi connectivity index (χ3n) is 6.31. The number of H-pyrrole nitrogens is 1. The number of aromatic amines is 1. The third kappa shape index (κ3) is 4.16. The van der Waals surface area contributed by atoms with E-state index in [0.29, 0.717) is 47.2 Å². The number of nitrogens with one attached hydrogen (secondary N) is 3. The van der Waals surface area contributed by atoms with Crippen LogP contribution in [0.3, 0.4) is 0 Å². The van der Waals surface area contributed by atoms with Crippen LogP contribution in [0.4, 0.5) is 17.6 Å². The second-order valence-electron chi connectivity index (χ2n) is 8.46. The molecule has 0 spiro atoms. The SMILES string of the molecule is Cc1cc(Nc2nc(N[C@@H]3C[C@H]4CC[C@@H](C3)N4CCC#N)nc3ccc(Cl)cc23)n[nH]1. The topological polar surface area (TPSA) is 106 Å². The van der Waals surface area contributed by atoms with E-state index in [9.17, 15) is 0 Å². The molecule has 4 heterocycles. The number of aryl methyl sites for hydroxylation is 1. The van der Waals surface area contributed by atoms with Crippen molar-refractivity contribution in [1.29, 1.82) is 5.26 Å². The molecule has 2 aromatic heterocycles. The molecule has 0 saturated carbocycles. The van der Waals surface area contributed by atoms with Crippen molar-refractivity contribution in [2.24, 2.45) is 0 Å². The molecule has 2 bridgehead atoms. The standard InChI is InChI=1S/C22H25ClN8/c1-13-9-20(30-29-13)27-21-18-10-14(23)3-6-19(18)26-22(28-21)25-15-11-16-4-5-17(12-15)31(16)8-2-7-24/h3,6,9-10,15-17H,2,4-5,8,11-12H2,1H3,(H3,25,26,27,28,29,30)/t15-,16-,17+. The fourth-order valence-corrected chi connectivity index (χ4v) is 5.15. The Bertz CT molecular complexity index is 1120. The van der Waals surface area contributed by atoms with E-state index in [1.807, 2.05) is 31.2 Å². The van der Waals surface area contributed by atoms with Gasteiger partial charge in [-0.25, -0.2) is 4.98 Å². The highest BCUT2D eigenvalue weighted by Crippen LogP contribution is 2.37.